The Kier molecular flexibility index (Phi) is 6.17. The molecular weight excluding hydrogens is 375 g/mol. The van der Waals surface area contributed by atoms with Gasteiger partial charge in [0.15, 0.2) is 0 Å². The Morgan fingerprint density at radius 1 is 0.917 bits per heavy atom. The molecular formula is C21H34NNbO. The van der Waals surface area contributed by atoms with Crippen LogP contribution in [0.15, 0.2) is 48.6 Å². The molecule has 0 saturated carbocycles. The Balaban J connectivity index is 2.61. The van der Waals surface area contributed by atoms with Gasteiger partial charge in [0.25, 0.3) is 0 Å². The zero-order chi connectivity index (χ0) is 17.8. The summed E-state index contributed by atoms with van der Waals surface area (Å²) >= 11 is -3.76. The molecule has 0 heterocycles. The molecule has 2 nitrogen and oxygen atoms in total. The molecule has 0 saturated heterocycles. The number of carbonyl (C=O) groups is 1. The Labute approximate surface area is 149 Å². The Bertz CT molecular complexity index is 519. The molecule has 0 aromatic rings. The molecule has 1 N–H and O–H groups in total. The maximum absolute atomic E-state index is 13.0. The number of unbranched alkanes of at least 4 members (excludes halogenated alkanes) is 1. The van der Waals surface area contributed by atoms with Gasteiger partial charge in [0.05, 0.1) is 0 Å². The van der Waals surface area contributed by atoms with Crippen molar-refractivity contribution in [1.82, 2.24) is 3.72 Å². The molecule has 0 bridgehead atoms. The Morgan fingerprint density at radius 3 is 1.67 bits per heavy atom. The van der Waals surface area contributed by atoms with E-state index < -0.39 is 16.1 Å². The van der Waals surface area contributed by atoms with Gasteiger partial charge in [-0.25, -0.2) is 0 Å². The second-order valence-electron chi connectivity index (χ2n) is 7.76. The summed E-state index contributed by atoms with van der Waals surface area (Å²) in [5.74, 6) is 0.267. The molecule has 0 spiro atoms. The molecule has 1 amide bonds. The van der Waals surface area contributed by atoms with Crippen LogP contribution in [-0.4, -0.2) is 5.91 Å². The van der Waals surface area contributed by atoms with Crippen LogP contribution in [0.25, 0.3) is 0 Å². The molecule has 0 aromatic heterocycles. The van der Waals surface area contributed by atoms with Gasteiger partial charge in [-0.3, -0.25) is 0 Å². The van der Waals surface area contributed by atoms with Crippen molar-refractivity contribution >= 4 is 5.91 Å². The zero-order valence-electron chi connectivity index (χ0n) is 15.9. The summed E-state index contributed by atoms with van der Waals surface area (Å²) in [6, 6.07) is 0. The van der Waals surface area contributed by atoms with Crippen molar-refractivity contribution in [2.45, 2.75) is 70.4 Å². The zero-order valence-corrected chi connectivity index (χ0v) is 18.1. The van der Waals surface area contributed by atoms with Crippen LogP contribution in [0.2, 0.25) is 16.5 Å². The summed E-state index contributed by atoms with van der Waals surface area (Å²) in [6.45, 7) is 11.5. The fraction of sp³-hybridized carbons (Fsp3) is 0.571. The maximum atomic E-state index is 13.0. The van der Waals surface area contributed by atoms with E-state index >= 15 is 0 Å². The topological polar surface area (TPSA) is 29.1 Å². The molecule has 3 heteroatoms. The van der Waals surface area contributed by atoms with Gasteiger partial charge in [0, 0.05) is 0 Å². The molecule has 24 heavy (non-hydrogen) atoms. The third-order valence-electron chi connectivity index (χ3n) is 6.23. The average molecular weight is 409 g/mol. The number of rotatable bonds is 8. The summed E-state index contributed by atoms with van der Waals surface area (Å²) in [7, 11) is 0. The van der Waals surface area contributed by atoms with Gasteiger partial charge in [-0.2, -0.15) is 0 Å². The number of carbonyl (C=O) groups excluding carboxylic acids is 1. The summed E-state index contributed by atoms with van der Waals surface area (Å²) in [4.78, 5) is 13.0. The number of amides is 1. The van der Waals surface area contributed by atoms with E-state index in [0.717, 1.165) is 12.8 Å². The standard InChI is InChI=1S/C5H11NO.2C5H5.2C3H7.Nb/c1-2-3-4-5(6)7;2*1-2-4-5-3-1;2*1-3-2;/h2-4H2,1H3,(H2,6,7);2*1-5H;2*3H,1-2H3;/q;;;;;+1/p-1. The first-order chi connectivity index (χ1) is 11.4. The van der Waals surface area contributed by atoms with Crippen molar-refractivity contribution in [3.8, 4) is 0 Å². The van der Waals surface area contributed by atoms with Crippen molar-refractivity contribution < 1.29 is 20.9 Å². The molecule has 2 rings (SSSR count). The predicted octanol–water partition coefficient (Wildman–Crippen LogP) is 6.38. The van der Waals surface area contributed by atoms with Gasteiger partial charge < -0.3 is 0 Å². The van der Waals surface area contributed by atoms with Crippen molar-refractivity contribution in [3.63, 3.8) is 0 Å². The van der Waals surface area contributed by atoms with Gasteiger partial charge in [-0.1, -0.05) is 0 Å². The molecule has 2 aliphatic carbocycles. The van der Waals surface area contributed by atoms with Gasteiger partial charge >= 0.3 is 150 Å². The second-order valence-corrected chi connectivity index (χ2v) is 23.3. The molecule has 0 atom stereocenters. The van der Waals surface area contributed by atoms with E-state index in [0.29, 0.717) is 23.0 Å². The number of allylic oxidation sites excluding steroid dienone is 8. The summed E-state index contributed by atoms with van der Waals surface area (Å²) in [5.41, 5.74) is 0. The summed E-state index contributed by atoms with van der Waals surface area (Å²) < 4.78 is 5.57. The molecule has 134 valence electrons. The van der Waals surface area contributed by atoms with Crippen molar-refractivity contribution in [3.05, 3.63) is 48.6 Å². The summed E-state index contributed by atoms with van der Waals surface area (Å²) in [6.07, 6.45) is 20.8. The first-order valence-corrected chi connectivity index (χ1v) is 15.6. The van der Waals surface area contributed by atoms with Gasteiger partial charge in [0.1, 0.15) is 0 Å². The van der Waals surface area contributed by atoms with Crippen molar-refractivity contribution in [1.29, 1.82) is 0 Å². The Morgan fingerprint density at radius 2 is 1.33 bits per heavy atom. The van der Waals surface area contributed by atoms with Crippen LogP contribution in [0.1, 0.15) is 53.9 Å². The second kappa shape index (κ2) is 7.59. The predicted molar refractivity (Wildman–Crippen MR) is 102 cm³/mol. The van der Waals surface area contributed by atoms with Crippen LogP contribution < -0.4 is 3.72 Å². The quantitative estimate of drug-likeness (QED) is 0.463. The number of hydrogen-bond acceptors (Lipinski definition) is 1. The van der Waals surface area contributed by atoms with E-state index in [1.807, 2.05) is 0 Å². The third kappa shape index (κ3) is 2.83. The fourth-order valence-corrected chi connectivity index (χ4v) is 24.0. The Hall–Kier alpha value is -0.830. The SMILES string of the molecule is CCCCC(=O)[NH][Nb]([CH](C)C)([CH](C)C)([CH]1C=CC=C1)[CH]1C=CC=C1. The molecule has 0 unspecified atom stereocenters. The molecule has 0 aliphatic heterocycles. The van der Waals surface area contributed by atoms with E-state index in [4.69, 9.17) is 0 Å². The van der Waals surface area contributed by atoms with E-state index in [2.05, 4.69) is 86.9 Å². The molecule has 0 aromatic carbocycles. The number of hydrogen-bond donors (Lipinski definition) is 1. The average Bonchev–Trinajstić information content (AvgIpc) is 3.23. The van der Waals surface area contributed by atoms with Crippen LogP contribution in [0.5, 0.6) is 0 Å². The first kappa shape index (κ1) is 19.5. The molecule has 2 aliphatic rings. The first-order valence-electron chi connectivity index (χ1n) is 9.41. The van der Waals surface area contributed by atoms with Gasteiger partial charge in [0.2, 0.25) is 0 Å². The van der Waals surface area contributed by atoms with Crippen molar-refractivity contribution in [2.75, 3.05) is 0 Å². The van der Waals surface area contributed by atoms with E-state index in [1.54, 1.807) is 0 Å². The van der Waals surface area contributed by atoms with Crippen LogP contribution in [-0.2, 0) is 20.9 Å². The van der Waals surface area contributed by atoms with Crippen LogP contribution >= 0.6 is 0 Å². The summed E-state index contributed by atoms with van der Waals surface area (Å²) in [5, 5.41) is 0. The van der Waals surface area contributed by atoms with Crippen LogP contribution in [0, 0.1) is 0 Å². The van der Waals surface area contributed by atoms with E-state index in [-0.39, 0.29) is 5.91 Å². The molecule has 0 fully saturated rings. The monoisotopic (exact) mass is 409 g/mol. The minimum absolute atomic E-state index is 0.267. The van der Waals surface area contributed by atoms with Crippen LogP contribution in [0.4, 0.5) is 0 Å². The fourth-order valence-electron chi connectivity index (χ4n) is 4.87. The molecule has 0 radical (unpaired) electrons. The van der Waals surface area contributed by atoms with Crippen molar-refractivity contribution in [2.24, 2.45) is 0 Å². The number of nitrogens with one attached hydrogen (secondary N) is 1. The van der Waals surface area contributed by atoms with Gasteiger partial charge in [-0.15, -0.1) is 0 Å². The van der Waals surface area contributed by atoms with Crippen LogP contribution in [0.3, 0.4) is 0 Å². The third-order valence-corrected chi connectivity index (χ3v) is 27.7. The normalized spacial score (nSPS) is 19.5. The van der Waals surface area contributed by atoms with Gasteiger partial charge in [-0.05, 0) is 0 Å². The van der Waals surface area contributed by atoms with E-state index in [9.17, 15) is 4.79 Å². The minimum atomic E-state index is -3.76. The van der Waals surface area contributed by atoms with E-state index in [1.165, 1.54) is 0 Å².